The Balaban J connectivity index is 1.91. The second-order valence-electron chi connectivity index (χ2n) is 5.40. The molecule has 3 N–H and O–H groups in total. The second kappa shape index (κ2) is 5.26. The molecule has 1 aliphatic heterocycles. The molecule has 20 heavy (non-hydrogen) atoms. The van der Waals surface area contributed by atoms with Gasteiger partial charge in [-0.15, -0.1) is 0 Å². The molecule has 1 aliphatic rings. The molecule has 1 amide bonds. The average molecular weight is 272 g/mol. The molecule has 1 aromatic carbocycles. The Morgan fingerprint density at radius 1 is 1.40 bits per heavy atom. The van der Waals surface area contributed by atoms with Crippen molar-refractivity contribution in [1.29, 1.82) is 0 Å². The SMILES string of the molecule is CN1CCN(C(=O)c2c[nH]c3ccccc23)C(CN)C1. The molecule has 1 saturated heterocycles. The van der Waals surface area contributed by atoms with Crippen molar-refractivity contribution in [2.24, 2.45) is 5.73 Å². The molecule has 5 nitrogen and oxygen atoms in total. The van der Waals surface area contributed by atoms with Gasteiger partial charge in [0.15, 0.2) is 0 Å². The lowest BCUT2D eigenvalue weighted by molar-refractivity contribution is 0.0518. The van der Waals surface area contributed by atoms with Gasteiger partial charge in [0.25, 0.3) is 5.91 Å². The third kappa shape index (κ3) is 2.19. The van der Waals surface area contributed by atoms with Crippen LogP contribution in [0.5, 0.6) is 0 Å². The van der Waals surface area contributed by atoms with Crippen LogP contribution in [0.3, 0.4) is 0 Å². The van der Waals surface area contributed by atoms with Gasteiger partial charge in [-0.2, -0.15) is 0 Å². The van der Waals surface area contributed by atoms with Crippen molar-refractivity contribution in [3.63, 3.8) is 0 Å². The summed E-state index contributed by atoms with van der Waals surface area (Å²) >= 11 is 0. The standard InChI is InChI=1S/C15H20N4O/c1-18-6-7-19(11(8-16)10-18)15(20)13-9-17-14-5-3-2-4-12(13)14/h2-5,9,11,17H,6-8,10,16H2,1H3. The summed E-state index contributed by atoms with van der Waals surface area (Å²) in [6, 6.07) is 7.97. The smallest absolute Gasteiger partial charge is 0.256 e. The van der Waals surface area contributed by atoms with E-state index in [0.29, 0.717) is 6.54 Å². The first-order valence-electron chi connectivity index (χ1n) is 6.96. The fraction of sp³-hybridized carbons (Fsp3) is 0.400. The Morgan fingerprint density at radius 3 is 3.00 bits per heavy atom. The summed E-state index contributed by atoms with van der Waals surface area (Å²) in [4.78, 5) is 20.1. The summed E-state index contributed by atoms with van der Waals surface area (Å²) in [6.45, 7) is 2.96. The number of rotatable bonds is 2. The summed E-state index contributed by atoms with van der Waals surface area (Å²) in [5, 5.41) is 0.979. The number of fused-ring (bicyclic) bond motifs is 1. The van der Waals surface area contributed by atoms with Crippen molar-refractivity contribution in [2.45, 2.75) is 6.04 Å². The molecule has 106 valence electrons. The van der Waals surface area contributed by atoms with E-state index >= 15 is 0 Å². The highest BCUT2D eigenvalue weighted by Crippen LogP contribution is 2.21. The third-order valence-corrected chi connectivity index (χ3v) is 4.04. The third-order valence-electron chi connectivity index (χ3n) is 4.04. The number of aromatic amines is 1. The van der Waals surface area contributed by atoms with Crippen LogP contribution < -0.4 is 5.73 Å². The van der Waals surface area contributed by atoms with Gasteiger partial charge >= 0.3 is 0 Å². The van der Waals surface area contributed by atoms with Gasteiger partial charge in [-0.3, -0.25) is 4.79 Å². The normalized spacial score (nSPS) is 20.5. The number of para-hydroxylation sites is 1. The Morgan fingerprint density at radius 2 is 2.20 bits per heavy atom. The fourth-order valence-electron chi connectivity index (χ4n) is 2.88. The molecule has 0 saturated carbocycles. The zero-order valence-corrected chi connectivity index (χ0v) is 11.7. The highest BCUT2D eigenvalue weighted by atomic mass is 16.2. The number of aromatic nitrogens is 1. The van der Waals surface area contributed by atoms with E-state index < -0.39 is 0 Å². The van der Waals surface area contributed by atoms with E-state index in [9.17, 15) is 4.79 Å². The molecule has 0 spiro atoms. The molecule has 1 atom stereocenters. The van der Waals surface area contributed by atoms with Crippen LogP contribution in [0.15, 0.2) is 30.5 Å². The minimum atomic E-state index is 0.0750. The largest absolute Gasteiger partial charge is 0.360 e. The Hall–Kier alpha value is -1.85. The van der Waals surface area contributed by atoms with Gasteiger partial charge in [-0.1, -0.05) is 18.2 Å². The second-order valence-corrected chi connectivity index (χ2v) is 5.40. The Bertz CT molecular complexity index is 621. The minimum absolute atomic E-state index is 0.0750. The summed E-state index contributed by atoms with van der Waals surface area (Å²) in [6.07, 6.45) is 1.80. The van der Waals surface area contributed by atoms with E-state index in [1.165, 1.54) is 0 Å². The van der Waals surface area contributed by atoms with Gasteiger partial charge in [0.05, 0.1) is 11.6 Å². The van der Waals surface area contributed by atoms with Crippen molar-refractivity contribution in [3.05, 3.63) is 36.0 Å². The van der Waals surface area contributed by atoms with Gasteiger partial charge in [0, 0.05) is 43.3 Å². The fourth-order valence-corrected chi connectivity index (χ4v) is 2.88. The average Bonchev–Trinajstić information content (AvgIpc) is 2.90. The maximum atomic E-state index is 12.8. The highest BCUT2D eigenvalue weighted by Gasteiger charge is 2.29. The number of carbonyl (C=O) groups excluding carboxylic acids is 1. The van der Waals surface area contributed by atoms with E-state index in [-0.39, 0.29) is 11.9 Å². The van der Waals surface area contributed by atoms with Crippen molar-refractivity contribution < 1.29 is 4.79 Å². The molecular formula is C15H20N4O. The van der Waals surface area contributed by atoms with Crippen molar-refractivity contribution >= 4 is 16.8 Å². The monoisotopic (exact) mass is 272 g/mol. The summed E-state index contributed by atoms with van der Waals surface area (Å²) < 4.78 is 0. The van der Waals surface area contributed by atoms with Crippen molar-refractivity contribution in [3.8, 4) is 0 Å². The zero-order chi connectivity index (χ0) is 14.1. The molecule has 0 radical (unpaired) electrons. The topological polar surface area (TPSA) is 65.4 Å². The predicted octanol–water partition coefficient (Wildman–Crippen LogP) is 0.883. The van der Waals surface area contributed by atoms with Crippen LogP contribution >= 0.6 is 0 Å². The van der Waals surface area contributed by atoms with Crippen molar-refractivity contribution in [2.75, 3.05) is 33.2 Å². The van der Waals surface area contributed by atoms with Crippen LogP contribution in [0.25, 0.3) is 10.9 Å². The van der Waals surface area contributed by atoms with Gasteiger partial charge in [0.1, 0.15) is 0 Å². The van der Waals surface area contributed by atoms with E-state index in [2.05, 4.69) is 16.9 Å². The van der Waals surface area contributed by atoms with Crippen LogP contribution in [-0.4, -0.2) is 60.0 Å². The number of hydrogen-bond acceptors (Lipinski definition) is 3. The molecule has 2 aromatic rings. The maximum absolute atomic E-state index is 12.8. The first kappa shape index (κ1) is 13.1. The van der Waals surface area contributed by atoms with Crippen LogP contribution in [0, 0.1) is 0 Å². The van der Waals surface area contributed by atoms with E-state index in [0.717, 1.165) is 36.1 Å². The van der Waals surface area contributed by atoms with Crippen LogP contribution in [0.4, 0.5) is 0 Å². The number of nitrogens with one attached hydrogen (secondary N) is 1. The van der Waals surface area contributed by atoms with Crippen LogP contribution in [0.2, 0.25) is 0 Å². The molecular weight excluding hydrogens is 252 g/mol. The molecule has 2 heterocycles. The first-order valence-corrected chi connectivity index (χ1v) is 6.96. The molecule has 1 fully saturated rings. The lowest BCUT2D eigenvalue weighted by Gasteiger charge is -2.39. The van der Waals surface area contributed by atoms with Gasteiger partial charge in [-0.25, -0.2) is 0 Å². The van der Waals surface area contributed by atoms with Gasteiger partial charge in [-0.05, 0) is 13.1 Å². The van der Waals surface area contributed by atoms with Gasteiger partial charge < -0.3 is 20.5 Å². The number of amides is 1. The Labute approximate surface area is 118 Å². The molecule has 0 bridgehead atoms. The zero-order valence-electron chi connectivity index (χ0n) is 11.7. The van der Waals surface area contributed by atoms with Crippen molar-refractivity contribution in [1.82, 2.24) is 14.8 Å². The summed E-state index contributed by atoms with van der Waals surface area (Å²) in [5.74, 6) is 0.0750. The number of carbonyl (C=O) groups is 1. The molecule has 3 rings (SSSR count). The minimum Gasteiger partial charge on any atom is -0.360 e. The number of nitrogens with zero attached hydrogens (tertiary/aromatic N) is 2. The molecule has 1 aromatic heterocycles. The summed E-state index contributed by atoms with van der Waals surface area (Å²) in [5.41, 5.74) is 7.57. The Kier molecular flexibility index (Phi) is 3.46. The first-order chi connectivity index (χ1) is 9.70. The maximum Gasteiger partial charge on any atom is 0.256 e. The van der Waals surface area contributed by atoms with E-state index in [1.807, 2.05) is 29.2 Å². The predicted molar refractivity (Wildman–Crippen MR) is 79.7 cm³/mol. The lowest BCUT2D eigenvalue weighted by Crippen LogP contribution is -2.56. The van der Waals surface area contributed by atoms with E-state index in [1.54, 1.807) is 6.20 Å². The number of hydrogen-bond donors (Lipinski definition) is 2. The van der Waals surface area contributed by atoms with Gasteiger partial charge in [0.2, 0.25) is 0 Å². The van der Waals surface area contributed by atoms with E-state index in [4.69, 9.17) is 5.73 Å². The molecule has 5 heteroatoms. The quantitative estimate of drug-likeness (QED) is 0.853. The van der Waals surface area contributed by atoms with Crippen LogP contribution in [0.1, 0.15) is 10.4 Å². The number of piperazine rings is 1. The number of H-pyrrole nitrogens is 1. The highest BCUT2D eigenvalue weighted by molar-refractivity contribution is 6.06. The molecule has 1 unspecified atom stereocenters. The molecule has 0 aliphatic carbocycles. The van der Waals surface area contributed by atoms with Crippen LogP contribution in [-0.2, 0) is 0 Å². The number of nitrogens with two attached hydrogens (primary N) is 1. The number of likely N-dealkylation sites (N-methyl/N-ethyl adjacent to an activating group) is 1. The number of benzene rings is 1. The lowest BCUT2D eigenvalue weighted by atomic mass is 10.1. The summed E-state index contributed by atoms with van der Waals surface area (Å²) in [7, 11) is 2.07.